The molecule has 140 valence electrons. The van der Waals surface area contributed by atoms with Crippen LogP contribution >= 0.6 is 39.9 Å². The number of hydrogen-bond acceptors (Lipinski definition) is 3. The summed E-state index contributed by atoms with van der Waals surface area (Å²) in [6.07, 6.45) is 2.42. The van der Waals surface area contributed by atoms with E-state index in [-0.39, 0.29) is 24.0 Å². The van der Waals surface area contributed by atoms with Gasteiger partial charge in [-0.05, 0) is 56.6 Å². The Hall–Kier alpha value is -0.540. The molecule has 0 aromatic heterocycles. The molecule has 0 bridgehead atoms. The van der Waals surface area contributed by atoms with Crippen LogP contribution in [0.4, 0.5) is 5.69 Å². The summed E-state index contributed by atoms with van der Waals surface area (Å²) >= 11 is 3.50. The quantitative estimate of drug-likeness (QED) is 0.363. The summed E-state index contributed by atoms with van der Waals surface area (Å²) in [6.45, 7) is 5.51. The molecule has 1 aromatic rings. The van der Waals surface area contributed by atoms with Crippen LogP contribution in [0.5, 0.6) is 0 Å². The summed E-state index contributed by atoms with van der Waals surface area (Å²) < 4.78 is 1.13. The zero-order valence-corrected chi connectivity index (χ0v) is 19.0. The van der Waals surface area contributed by atoms with Gasteiger partial charge in [0, 0.05) is 49.4 Å². The highest BCUT2D eigenvalue weighted by molar-refractivity contribution is 14.0. The molecule has 2 aliphatic heterocycles. The van der Waals surface area contributed by atoms with Gasteiger partial charge in [0.05, 0.1) is 0 Å². The highest BCUT2D eigenvalue weighted by Gasteiger charge is 2.24. The number of benzene rings is 1. The molecule has 0 spiro atoms. The second kappa shape index (κ2) is 9.97. The minimum atomic E-state index is 0. The molecule has 2 saturated heterocycles. The smallest absolute Gasteiger partial charge is 0.191 e. The molecule has 2 N–H and O–H groups in total. The van der Waals surface area contributed by atoms with E-state index in [1.807, 2.05) is 7.05 Å². The zero-order chi connectivity index (χ0) is 16.9. The average molecular weight is 522 g/mol. The zero-order valence-electron chi connectivity index (χ0n) is 15.0. The number of likely N-dealkylation sites (tertiary alicyclic amines) is 1. The van der Waals surface area contributed by atoms with Gasteiger partial charge in [-0.15, -0.1) is 24.0 Å². The highest BCUT2D eigenvalue weighted by Crippen LogP contribution is 2.22. The number of nitrogens with one attached hydrogen (secondary N) is 2. The fourth-order valence-corrected chi connectivity index (χ4v) is 3.85. The molecule has 2 heterocycles. The Morgan fingerprint density at radius 1 is 1.20 bits per heavy atom. The van der Waals surface area contributed by atoms with Crippen LogP contribution in [0.3, 0.4) is 0 Å². The number of anilines is 1. The molecule has 2 aliphatic rings. The fraction of sp³-hybridized carbons (Fsp3) is 0.611. The lowest BCUT2D eigenvalue weighted by Crippen LogP contribution is -2.46. The molecule has 2 fully saturated rings. The number of guanidine groups is 1. The van der Waals surface area contributed by atoms with Crippen LogP contribution < -0.4 is 15.5 Å². The standard InChI is InChI=1S/C18H28BrN5.HI/c1-20-18(21-11-14-7-9-23(2)12-14)22-16-8-10-24(13-16)17-5-3-15(19)4-6-17;/h3-6,14,16H,7-13H2,1-2H3,(H2,20,21,22);1H. The van der Waals surface area contributed by atoms with Crippen molar-refractivity contribution >= 4 is 51.6 Å². The van der Waals surface area contributed by atoms with Crippen LogP contribution in [0.2, 0.25) is 0 Å². The van der Waals surface area contributed by atoms with E-state index in [4.69, 9.17) is 0 Å². The van der Waals surface area contributed by atoms with E-state index in [0.717, 1.165) is 42.4 Å². The van der Waals surface area contributed by atoms with Gasteiger partial charge >= 0.3 is 0 Å². The molecule has 25 heavy (non-hydrogen) atoms. The summed E-state index contributed by atoms with van der Waals surface area (Å²) in [4.78, 5) is 9.23. The fourth-order valence-electron chi connectivity index (χ4n) is 3.59. The van der Waals surface area contributed by atoms with E-state index in [9.17, 15) is 0 Å². The van der Waals surface area contributed by atoms with Crippen LogP contribution in [-0.2, 0) is 0 Å². The lowest BCUT2D eigenvalue weighted by Gasteiger charge is -2.21. The van der Waals surface area contributed by atoms with Gasteiger partial charge in [-0.1, -0.05) is 15.9 Å². The van der Waals surface area contributed by atoms with Crippen molar-refractivity contribution in [3.8, 4) is 0 Å². The molecule has 1 aromatic carbocycles. The molecule has 7 heteroatoms. The Labute approximate surface area is 176 Å². The summed E-state index contributed by atoms with van der Waals surface area (Å²) in [5.74, 6) is 1.67. The van der Waals surface area contributed by atoms with Crippen molar-refractivity contribution in [3.63, 3.8) is 0 Å². The van der Waals surface area contributed by atoms with Crippen LogP contribution in [0.25, 0.3) is 0 Å². The second-order valence-corrected chi connectivity index (χ2v) is 7.84. The Morgan fingerprint density at radius 3 is 2.60 bits per heavy atom. The van der Waals surface area contributed by atoms with Gasteiger partial charge in [-0.25, -0.2) is 0 Å². The molecule has 0 amide bonds. The molecule has 0 saturated carbocycles. The predicted octanol–water partition coefficient (Wildman–Crippen LogP) is 2.76. The second-order valence-electron chi connectivity index (χ2n) is 6.92. The third kappa shape index (κ3) is 5.99. The van der Waals surface area contributed by atoms with Crippen molar-refractivity contribution in [2.45, 2.75) is 18.9 Å². The molecule has 5 nitrogen and oxygen atoms in total. The number of hydrogen-bond donors (Lipinski definition) is 2. The predicted molar refractivity (Wildman–Crippen MR) is 120 cm³/mol. The summed E-state index contributed by atoms with van der Waals surface area (Å²) in [5, 5.41) is 7.09. The maximum Gasteiger partial charge on any atom is 0.191 e. The Morgan fingerprint density at radius 2 is 1.96 bits per heavy atom. The Balaban J connectivity index is 0.00000225. The highest BCUT2D eigenvalue weighted by atomic mass is 127. The first kappa shape index (κ1) is 20.8. The van der Waals surface area contributed by atoms with Gasteiger partial charge in [0.2, 0.25) is 0 Å². The van der Waals surface area contributed by atoms with Gasteiger partial charge in [0.25, 0.3) is 0 Å². The van der Waals surface area contributed by atoms with Crippen LogP contribution in [-0.4, -0.2) is 63.7 Å². The van der Waals surface area contributed by atoms with Crippen molar-refractivity contribution in [1.82, 2.24) is 15.5 Å². The van der Waals surface area contributed by atoms with E-state index in [2.05, 4.69) is 72.7 Å². The lowest BCUT2D eigenvalue weighted by molar-refractivity contribution is 0.393. The van der Waals surface area contributed by atoms with E-state index in [1.54, 1.807) is 0 Å². The third-order valence-corrected chi connectivity index (χ3v) is 5.52. The molecular weight excluding hydrogens is 493 g/mol. The van der Waals surface area contributed by atoms with E-state index in [0.29, 0.717) is 6.04 Å². The first-order valence-electron chi connectivity index (χ1n) is 8.80. The molecule has 2 atom stereocenters. The lowest BCUT2D eigenvalue weighted by atomic mass is 10.1. The van der Waals surface area contributed by atoms with Crippen molar-refractivity contribution in [1.29, 1.82) is 0 Å². The first-order chi connectivity index (χ1) is 11.6. The van der Waals surface area contributed by atoms with E-state index in [1.165, 1.54) is 25.2 Å². The number of rotatable bonds is 4. The summed E-state index contributed by atoms with van der Waals surface area (Å²) in [6, 6.07) is 9.02. The van der Waals surface area contributed by atoms with Gasteiger partial charge in [-0.2, -0.15) is 0 Å². The number of halogens is 2. The molecule has 3 rings (SSSR count). The van der Waals surface area contributed by atoms with Crippen LogP contribution in [0.15, 0.2) is 33.7 Å². The maximum atomic E-state index is 4.40. The van der Waals surface area contributed by atoms with Gasteiger partial charge in [0.1, 0.15) is 0 Å². The summed E-state index contributed by atoms with van der Waals surface area (Å²) in [5.41, 5.74) is 1.29. The average Bonchev–Trinajstić information content (AvgIpc) is 3.21. The van der Waals surface area contributed by atoms with Crippen molar-refractivity contribution in [2.75, 3.05) is 51.7 Å². The van der Waals surface area contributed by atoms with Crippen LogP contribution in [0, 0.1) is 5.92 Å². The van der Waals surface area contributed by atoms with Gasteiger partial charge in [0.15, 0.2) is 5.96 Å². The summed E-state index contributed by atoms with van der Waals surface area (Å²) in [7, 11) is 4.06. The van der Waals surface area contributed by atoms with Crippen molar-refractivity contribution < 1.29 is 0 Å². The largest absolute Gasteiger partial charge is 0.369 e. The van der Waals surface area contributed by atoms with Gasteiger partial charge in [-0.3, -0.25) is 4.99 Å². The minimum Gasteiger partial charge on any atom is -0.369 e. The minimum absolute atomic E-state index is 0. The molecule has 0 radical (unpaired) electrons. The van der Waals surface area contributed by atoms with Crippen molar-refractivity contribution in [2.24, 2.45) is 10.9 Å². The van der Waals surface area contributed by atoms with Crippen LogP contribution in [0.1, 0.15) is 12.8 Å². The number of aliphatic imine (C=N–C) groups is 1. The SMILES string of the molecule is CN=C(NCC1CCN(C)C1)NC1CCN(c2ccc(Br)cc2)C1.I. The first-order valence-corrected chi connectivity index (χ1v) is 9.59. The topological polar surface area (TPSA) is 42.9 Å². The van der Waals surface area contributed by atoms with Gasteiger partial charge < -0.3 is 20.4 Å². The molecule has 2 unspecified atom stereocenters. The van der Waals surface area contributed by atoms with E-state index >= 15 is 0 Å². The molecular formula is C18H29BrIN5. The Bertz CT molecular complexity index is 565. The third-order valence-electron chi connectivity index (χ3n) is 4.99. The monoisotopic (exact) mass is 521 g/mol. The molecule has 0 aliphatic carbocycles. The van der Waals surface area contributed by atoms with E-state index < -0.39 is 0 Å². The maximum absolute atomic E-state index is 4.40. The number of nitrogens with zero attached hydrogens (tertiary/aromatic N) is 3. The Kier molecular flexibility index (Phi) is 8.28. The normalized spacial score (nSPS) is 24.3. The van der Waals surface area contributed by atoms with Crippen molar-refractivity contribution in [3.05, 3.63) is 28.7 Å².